The second-order valence-electron chi connectivity index (χ2n) is 8.09. The van der Waals surface area contributed by atoms with Crippen LogP contribution in [-0.4, -0.2) is 34.3 Å². The number of likely N-dealkylation sites (tertiary alicyclic amines) is 1. The first-order valence-corrected chi connectivity index (χ1v) is 9.31. The molecule has 6 heteroatoms. The molecule has 2 aromatic rings. The van der Waals surface area contributed by atoms with Gasteiger partial charge in [-0.05, 0) is 43.5 Å². The number of carbonyl (C=O) groups is 2. The van der Waals surface area contributed by atoms with Gasteiger partial charge in [0.15, 0.2) is 5.78 Å². The lowest BCUT2D eigenvalue weighted by Crippen LogP contribution is -2.48. The van der Waals surface area contributed by atoms with Crippen LogP contribution in [0.15, 0.2) is 34.9 Å². The van der Waals surface area contributed by atoms with Crippen molar-refractivity contribution in [1.29, 1.82) is 0 Å². The number of nitrogens with zero attached hydrogens (tertiary/aromatic N) is 2. The minimum absolute atomic E-state index is 0.0427. The van der Waals surface area contributed by atoms with Gasteiger partial charge in [0.1, 0.15) is 11.6 Å². The Balaban J connectivity index is 1.74. The molecule has 1 saturated heterocycles. The summed E-state index contributed by atoms with van der Waals surface area (Å²) >= 11 is 0. The van der Waals surface area contributed by atoms with Crippen LogP contribution in [0.1, 0.15) is 61.8 Å². The molecule has 0 unspecified atom stereocenters. The molecule has 1 amide bonds. The average molecular weight is 372 g/mol. The summed E-state index contributed by atoms with van der Waals surface area (Å²) in [5.74, 6) is 0.0641. The molecule has 5 nitrogen and oxygen atoms in total. The molecule has 1 aliphatic rings. The lowest BCUT2D eigenvalue weighted by molar-refractivity contribution is -0.123. The Labute approximate surface area is 158 Å². The average Bonchev–Trinajstić information content (AvgIpc) is 3.10. The summed E-state index contributed by atoms with van der Waals surface area (Å²) in [6.45, 7) is 6.58. The highest BCUT2D eigenvalue weighted by atomic mass is 19.1. The Kier molecular flexibility index (Phi) is 5.44. The molecule has 0 N–H and O–H groups in total. The minimum atomic E-state index is -0.480. The van der Waals surface area contributed by atoms with Gasteiger partial charge in [0.2, 0.25) is 0 Å². The number of hydrogen-bond donors (Lipinski definition) is 0. The normalized spacial score (nSPS) is 17.8. The van der Waals surface area contributed by atoms with E-state index >= 15 is 0 Å². The van der Waals surface area contributed by atoms with Gasteiger partial charge in [-0.3, -0.25) is 9.59 Å². The number of rotatable bonds is 4. The first-order chi connectivity index (χ1) is 12.8. The highest BCUT2D eigenvalue weighted by Crippen LogP contribution is 2.25. The van der Waals surface area contributed by atoms with Crippen LogP contribution >= 0.6 is 0 Å². The molecule has 1 atom stereocenters. The zero-order valence-electron chi connectivity index (χ0n) is 16.0. The maximum atomic E-state index is 13.1. The fourth-order valence-electron chi connectivity index (χ4n) is 3.31. The van der Waals surface area contributed by atoms with Crippen molar-refractivity contribution in [3.63, 3.8) is 0 Å². The van der Waals surface area contributed by atoms with Crippen LogP contribution in [0.25, 0.3) is 0 Å². The van der Waals surface area contributed by atoms with Gasteiger partial charge >= 0.3 is 0 Å². The Morgan fingerprint density at radius 1 is 1.22 bits per heavy atom. The number of halogens is 1. The van der Waals surface area contributed by atoms with Crippen LogP contribution in [0.4, 0.5) is 4.39 Å². The van der Waals surface area contributed by atoms with Crippen LogP contribution in [0, 0.1) is 5.82 Å². The third kappa shape index (κ3) is 4.43. The molecule has 27 heavy (non-hydrogen) atoms. The van der Waals surface area contributed by atoms with E-state index in [0.29, 0.717) is 24.2 Å². The number of amides is 1. The molecule has 0 bridgehead atoms. The van der Waals surface area contributed by atoms with Crippen molar-refractivity contribution >= 4 is 11.7 Å². The van der Waals surface area contributed by atoms with Crippen LogP contribution in [0.5, 0.6) is 0 Å². The molecule has 144 valence electrons. The molecular formula is C21H25FN2O3. The Morgan fingerprint density at radius 3 is 2.56 bits per heavy atom. The molecule has 0 spiro atoms. The third-order valence-electron chi connectivity index (χ3n) is 4.88. The minimum Gasteiger partial charge on any atom is -0.361 e. The predicted octanol–water partition coefficient (Wildman–Crippen LogP) is 3.92. The van der Waals surface area contributed by atoms with Crippen LogP contribution in [0.2, 0.25) is 0 Å². The van der Waals surface area contributed by atoms with Crippen molar-refractivity contribution in [2.75, 3.05) is 6.54 Å². The van der Waals surface area contributed by atoms with E-state index in [1.165, 1.54) is 24.3 Å². The smallest absolute Gasteiger partial charge is 0.254 e. The quantitative estimate of drug-likeness (QED) is 0.816. The molecule has 1 fully saturated rings. The predicted molar refractivity (Wildman–Crippen MR) is 99.0 cm³/mol. The number of ketones is 1. The number of aromatic nitrogens is 1. The van der Waals surface area contributed by atoms with Crippen molar-refractivity contribution in [2.24, 2.45) is 0 Å². The molecule has 2 heterocycles. The summed E-state index contributed by atoms with van der Waals surface area (Å²) in [6, 6.07) is 6.77. The summed E-state index contributed by atoms with van der Waals surface area (Å²) < 4.78 is 18.5. The number of piperidine rings is 1. The van der Waals surface area contributed by atoms with E-state index in [1.807, 2.05) is 26.8 Å². The van der Waals surface area contributed by atoms with Crippen molar-refractivity contribution in [1.82, 2.24) is 10.1 Å². The monoisotopic (exact) mass is 372 g/mol. The molecule has 1 aliphatic heterocycles. The van der Waals surface area contributed by atoms with Gasteiger partial charge in [-0.25, -0.2) is 4.39 Å². The van der Waals surface area contributed by atoms with E-state index in [1.54, 1.807) is 4.90 Å². The fraction of sp³-hybridized carbons (Fsp3) is 0.476. The topological polar surface area (TPSA) is 63.4 Å². The second kappa shape index (κ2) is 7.62. The first-order valence-electron chi connectivity index (χ1n) is 9.31. The number of Topliss-reactive ketones (excluding diaryl/α,β-unsaturated/α-hetero) is 1. The maximum absolute atomic E-state index is 13.1. The lowest BCUT2D eigenvalue weighted by atomic mass is 9.92. The Hall–Kier alpha value is -2.50. The van der Waals surface area contributed by atoms with Crippen molar-refractivity contribution in [3.8, 4) is 0 Å². The molecular weight excluding hydrogens is 347 g/mol. The molecule has 1 aromatic carbocycles. The molecule has 1 aromatic heterocycles. The van der Waals surface area contributed by atoms with E-state index in [4.69, 9.17) is 4.52 Å². The van der Waals surface area contributed by atoms with E-state index in [9.17, 15) is 14.0 Å². The van der Waals surface area contributed by atoms with E-state index in [0.717, 1.165) is 18.6 Å². The summed E-state index contributed by atoms with van der Waals surface area (Å²) in [6.07, 6.45) is 2.53. The van der Waals surface area contributed by atoms with Gasteiger partial charge in [0.25, 0.3) is 5.91 Å². The highest BCUT2D eigenvalue weighted by Gasteiger charge is 2.33. The largest absolute Gasteiger partial charge is 0.361 e. The molecule has 0 radical (unpaired) electrons. The lowest BCUT2D eigenvalue weighted by Gasteiger charge is -2.34. The highest BCUT2D eigenvalue weighted by molar-refractivity contribution is 5.98. The molecule has 3 rings (SSSR count). The summed E-state index contributed by atoms with van der Waals surface area (Å²) in [4.78, 5) is 27.3. The number of hydrogen-bond acceptors (Lipinski definition) is 4. The van der Waals surface area contributed by atoms with Gasteiger partial charge < -0.3 is 9.42 Å². The third-order valence-corrected chi connectivity index (χ3v) is 4.88. The van der Waals surface area contributed by atoms with E-state index in [-0.39, 0.29) is 23.5 Å². The zero-order valence-corrected chi connectivity index (χ0v) is 16.0. The van der Waals surface area contributed by atoms with E-state index in [2.05, 4.69) is 5.16 Å². The van der Waals surface area contributed by atoms with Gasteiger partial charge in [-0.2, -0.15) is 0 Å². The summed E-state index contributed by atoms with van der Waals surface area (Å²) in [5, 5.41) is 4.01. The Bertz CT molecular complexity index is 821. The van der Waals surface area contributed by atoms with Gasteiger partial charge in [0.05, 0.1) is 18.2 Å². The van der Waals surface area contributed by atoms with Crippen LogP contribution < -0.4 is 0 Å². The molecule has 0 aliphatic carbocycles. The summed E-state index contributed by atoms with van der Waals surface area (Å²) in [7, 11) is 0. The van der Waals surface area contributed by atoms with Crippen molar-refractivity contribution in [3.05, 3.63) is 53.2 Å². The zero-order chi connectivity index (χ0) is 19.6. The fourth-order valence-corrected chi connectivity index (χ4v) is 3.31. The summed E-state index contributed by atoms with van der Waals surface area (Å²) in [5.41, 5.74) is 0.807. The standard InChI is InChI=1S/C21H25FN2O3/c1-21(2,3)19-13-16(23-27-19)12-18(25)17-6-4-5-11-24(17)20(26)14-7-9-15(22)10-8-14/h7-10,13,17H,4-6,11-12H2,1-3H3/t17-/m0/s1. The SMILES string of the molecule is CC(C)(C)c1cc(CC(=O)[C@@H]2CCCCN2C(=O)c2ccc(F)cc2)no1. The van der Waals surface area contributed by atoms with Crippen molar-refractivity contribution < 1.29 is 18.5 Å². The molecule has 0 saturated carbocycles. The first kappa shape index (κ1) is 19.3. The van der Waals surface area contributed by atoms with Crippen LogP contribution in [0.3, 0.4) is 0 Å². The second-order valence-corrected chi connectivity index (χ2v) is 8.09. The maximum Gasteiger partial charge on any atom is 0.254 e. The van der Waals surface area contributed by atoms with Crippen LogP contribution in [-0.2, 0) is 16.6 Å². The number of benzene rings is 1. The van der Waals surface area contributed by atoms with Crippen molar-refractivity contribution in [2.45, 2.75) is 57.9 Å². The Morgan fingerprint density at radius 2 is 1.93 bits per heavy atom. The van der Waals surface area contributed by atoms with E-state index < -0.39 is 11.9 Å². The van der Waals surface area contributed by atoms with Gasteiger partial charge in [-0.15, -0.1) is 0 Å². The van der Waals surface area contributed by atoms with Gasteiger partial charge in [0, 0.05) is 23.6 Å². The number of carbonyl (C=O) groups excluding carboxylic acids is 2. The van der Waals surface area contributed by atoms with Gasteiger partial charge in [-0.1, -0.05) is 25.9 Å².